The number of hydrogen-bond donors (Lipinski definition) is 2. The van der Waals surface area contributed by atoms with Crippen LogP contribution in [0, 0.1) is 23.5 Å². The fraction of sp³-hybridized carbons (Fsp3) is 0.385. The summed E-state index contributed by atoms with van der Waals surface area (Å²) >= 11 is 0. The maximum Gasteiger partial charge on any atom is 0.308 e. The van der Waals surface area contributed by atoms with Gasteiger partial charge in [0, 0.05) is 6.54 Å². The predicted molar refractivity (Wildman–Crippen MR) is 64.7 cm³/mol. The first-order valence-corrected chi connectivity index (χ1v) is 5.79. The standard InChI is InChI=1S/C13H15F2NO3/c1-7(2)8(13(18)19)6-16-12(17)11-9(14)4-3-5-10(11)15/h3-5,7-8H,6H2,1-2H3,(H,16,17)(H,18,19). The van der Waals surface area contributed by atoms with Crippen molar-refractivity contribution in [1.29, 1.82) is 0 Å². The number of hydrogen-bond acceptors (Lipinski definition) is 2. The van der Waals surface area contributed by atoms with Crippen LogP contribution in [-0.4, -0.2) is 23.5 Å². The summed E-state index contributed by atoms with van der Waals surface area (Å²) in [6.07, 6.45) is 0. The van der Waals surface area contributed by atoms with Crippen LogP contribution in [0.3, 0.4) is 0 Å². The molecule has 1 unspecified atom stereocenters. The molecule has 0 aromatic heterocycles. The third-order valence-corrected chi connectivity index (χ3v) is 2.79. The van der Waals surface area contributed by atoms with Crippen molar-refractivity contribution in [3.8, 4) is 0 Å². The van der Waals surface area contributed by atoms with Gasteiger partial charge in [0.05, 0.1) is 5.92 Å². The van der Waals surface area contributed by atoms with Crippen molar-refractivity contribution in [3.63, 3.8) is 0 Å². The molecule has 0 saturated heterocycles. The average Bonchev–Trinajstić information content (AvgIpc) is 2.27. The molecule has 1 aromatic rings. The molecule has 2 N–H and O–H groups in total. The molecule has 0 aliphatic rings. The van der Waals surface area contributed by atoms with E-state index < -0.39 is 35.0 Å². The number of carboxylic acids is 1. The molecule has 0 spiro atoms. The Morgan fingerprint density at radius 1 is 1.26 bits per heavy atom. The Morgan fingerprint density at radius 3 is 2.21 bits per heavy atom. The molecule has 6 heteroatoms. The molecular weight excluding hydrogens is 256 g/mol. The zero-order valence-electron chi connectivity index (χ0n) is 10.6. The third-order valence-electron chi connectivity index (χ3n) is 2.79. The minimum Gasteiger partial charge on any atom is -0.481 e. The summed E-state index contributed by atoms with van der Waals surface area (Å²) < 4.78 is 26.7. The molecule has 4 nitrogen and oxygen atoms in total. The van der Waals surface area contributed by atoms with Crippen molar-refractivity contribution in [2.24, 2.45) is 11.8 Å². The fourth-order valence-corrected chi connectivity index (χ4v) is 1.61. The SMILES string of the molecule is CC(C)C(CNC(=O)c1c(F)cccc1F)C(=O)O. The lowest BCUT2D eigenvalue weighted by atomic mass is 9.96. The van der Waals surface area contributed by atoms with Crippen molar-refractivity contribution in [3.05, 3.63) is 35.4 Å². The molecule has 104 valence electrons. The van der Waals surface area contributed by atoms with Crippen LogP contribution in [0.25, 0.3) is 0 Å². The normalized spacial score (nSPS) is 12.3. The highest BCUT2D eigenvalue weighted by molar-refractivity contribution is 5.94. The second-order valence-corrected chi connectivity index (χ2v) is 4.50. The lowest BCUT2D eigenvalue weighted by Gasteiger charge is -2.16. The number of rotatable bonds is 5. The van der Waals surface area contributed by atoms with Crippen LogP contribution in [0.4, 0.5) is 8.78 Å². The van der Waals surface area contributed by atoms with Crippen LogP contribution in [0.15, 0.2) is 18.2 Å². The molecule has 19 heavy (non-hydrogen) atoms. The van der Waals surface area contributed by atoms with Gasteiger partial charge in [-0.25, -0.2) is 8.78 Å². The van der Waals surface area contributed by atoms with E-state index in [1.807, 2.05) is 0 Å². The summed E-state index contributed by atoms with van der Waals surface area (Å²) in [5.74, 6) is -4.99. The summed E-state index contributed by atoms with van der Waals surface area (Å²) in [6.45, 7) is 3.20. The van der Waals surface area contributed by atoms with Crippen LogP contribution in [0.5, 0.6) is 0 Å². The molecule has 1 aromatic carbocycles. The highest BCUT2D eigenvalue weighted by Gasteiger charge is 2.24. The molecular formula is C13H15F2NO3. The number of halogens is 2. The van der Waals surface area contributed by atoms with Crippen LogP contribution in [0.1, 0.15) is 24.2 Å². The molecule has 0 fully saturated rings. The summed E-state index contributed by atoms with van der Waals surface area (Å²) in [4.78, 5) is 22.6. The van der Waals surface area contributed by atoms with Crippen molar-refractivity contribution in [1.82, 2.24) is 5.32 Å². The van der Waals surface area contributed by atoms with Gasteiger partial charge < -0.3 is 10.4 Å². The first kappa shape index (κ1) is 15.1. The molecule has 1 rings (SSSR count). The van der Waals surface area contributed by atoms with E-state index in [0.29, 0.717) is 0 Å². The van der Waals surface area contributed by atoms with E-state index in [9.17, 15) is 18.4 Å². The Labute approximate surface area is 109 Å². The Morgan fingerprint density at radius 2 is 1.79 bits per heavy atom. The molecule has 0 aliphatic heterocycles. The number of benzene rings is 1. The third kappa shape index (κ3) is 3.74. The minimum absolute atomic E-state index is 0.181. The Bertz CT molecular complexity index is 469. The van der Waals surface area contributed by atoms with Gasteiger partial charge in [0.1, 0.15) is 17.2 Å². The number of amides is 1. The number of aliphatic carboxylic acids is 1. The van der Waals surface area contributed by atoms with Gasteiger partial charge in [-0.15, -0.1) is 0 Å². The Kier molecular flexibility index (Phi) is 4.97. The van der Waals surface area contributed by atoms with Gasteiger partial charge >= 0.3 is 5.97 Å². The Balaban J connectivity index is 2.78. The molecule has 0 saturated carbocycles. The molecule has 1 atom stereocenters. The summed E-state index contributed by atoms with van der Waals surface area (Å²) in [5.41, 5.74) is -0.699. The summed E-state index contributed by atoms with van der Waals surface area (Å²) in [6, 6.07) is 3.08. The topological polar surface area (TPSA) is 66.4 Å². The van der Waals surface area contributed by atoms with E-state index in [1.165, 1.54) is 0 Å². The van der Waals surface area contributed by atoms with Crippen molar-refractivity contribution >= 4 is 11.9 Å². The van der Waals surface area contributed by atoms with Gasteiger partial charge in [0.2, 0.25) is 0 Å². The van der Waals surface area contributed by atoms with Gasteiger partial charge in [-0.05, 0) is 18.1 Å². The maximum atomic E-state index is 13.3. The highest BCUT2D eigenvalue weighted by Crippen LogP contribution is 2.13. The molecule has 0 bridgehead atoms. The van der Waals surface area contributed by atoms with E-state index in [4.69, 9.17) is 5.11 Å². The summed E-state index contributed by atoms with van der Waals surface area (Å²) in [7, 11) is 0. The molecule has 0 aliphatic carbocycles. The average molecular weight is 271 g/mol. The quantitative estimate of drug-likeness (QED) is 0.861. The summed E-state index contributed by atoms with van der Waals surface area (Å²) in [5, 5.41) is 11.2. The zero-order chi connectivity index (χ0) is 14.6. The second kappa shape index (κ2) is 6.26. The van der Waals surface area contributed by atoms with Crippen molar-refractivity contribution in [2.45, 2.75) is 13.8 Å². The van der Waals surface area contributed by atoms with Crippen LogP contribution in [-0.2, 0) is 4.79 Å². The number of nitrogens with one attached hydrogen (secondary N) is 1. The van der Waals surface area contributed by atoms with Crippen LogP contribution < -0.4 is 5.32 Å². The van der Waals surface area contributed by atoms with Crippen molar-refractivity contribution < 1.29 is 23.5 Å². The van der Waals surface area contributed by atoms with Crippen LogP contribution >= 0.6 is 0 Å². The number of carbonyl (C=O) groups excluding carboxylic acids is 1. The number of carbonyl (C=O) groups is 2. The minimum atomic E-state index is -1.07. The molecule has 0 heterocycles. The maximum absolute atomic E-state index is 13.3. The largest absolute Gasteiger partial charge is 0.481 e. The molecule has 1 amide bonds. The van der Waals surface area contributed by atoms with E-state index in [1.54, 1.807) is 13.8 Å². The van der Waals surface area contributed by atoms with E-state index in [2.05, 4.69) is 5.32 Å². The first-order valence-electron chi connectivity index (χ1n) is 5.79. The smallest absolute Gasteiger partial charge is 0.308 e. The van der Waals surface area contributed by atoms with E-state index in [-0.39, 0.29) is 12.5 Å². The Hall–Kier alpha value is -1.98. The lowest BCUT2D eigenvalue weighted by Crippen LogP contribution is -2.36. The van der Waals surface area contributed by atoms with Gasteiger partial charge in [-0.3, -0.25) is 9.59 Å². The highest BCUT2D eigenvalue weighted by atomic mass is 19.1. The monoisotopic (exact) mass is 271 g/mol. The predicted octanol–water partition coefficient (Wildman–Crippen LogP) is 2.05. The van der Waals surface area contributed by atoms with Crippen molar-refractivity contribution in [2.75, 3.05) is 6.54 Å². The lowest BCUT2D eigenvalue weighted by molar-refractivity contribution is -0.142. The second-order valence-electron chi connectivity index (χ2n) is 4.50. The van der Waals surface area contributed by atoms with Gasteiger partial charge in [-0.1, -0.05) is 19.9 Å². The van der Waals surface area contributed by atoms with E-state index >= 15 is 0 Å². The zero-order valence-corrected chi connectivity index (χ0v) is 10.6. The van der Waals surface area contributed by atoms with Gasteiger partial charge in [-0.2, -0.15) is 0 Å². The van der Waals surface area contributed by atoms with Crippen LogP contribution in [0.2, 0.25) is 0 Å². The fourth-order valence-electron chi connectivity index (χ4n) is 1.61. The number of carboxylic acid groups (broad SMARTS) is 1. The van der Waals surface area contributed by atoms with E-state index in [0.717, 1.165) is 18.2 Å². The van der Waals surface area contributed by atoms with Gasteiger partial charge in [0.15, 0.2) is 0 Å². The first-order chi connectivity index (χ1) is 8.84. The van der Waals surface area contributed by atoms with Gasteiger partial charge in [0.25, 0.3) is 5.91 Å². The molecule has 0 radical (unpaired) electrons.